The Bertz CT molecular complexity index is 824. The number of halogens is 3. The highest BCUT2D eigenvalue weighted by Gasteiger charge is 2.33. The third-order valence-corrected chi connectivity index (χ3v) is 4.38. The molecule has 0 aliphatic heterocycles. The van der Waals surface area contributed by atoms with Gasteiger partial charge in [-0.1, -0.05) is 23.9 Å². The number of hydrogen-bond donors (Lipinski definition) is 2. The Labute approximate surface area is 140 Å². The van der Waals surface area contributed by atoms with Gasteiger partial charge in [0.1, 0.15) is 5.82 Å². The Morgan fingerprint density at radius 3 is 2.33 bits per heavy atom. The van der Waals surface area contributed by atoms with Crippen LogP contribution in [0.3, 0.4) is 0 Å². The maximum Gasteiger partial charge on any atom is 0.433 e. The van der Waals surface area contributed by atoms with Crippen LogP contribution in [0.2, 0.25) is 0 Å². The van der Waals surface area contributed by atoms with Gasteiger partial charge in [0.25, 0.3) is 0 Å². The summed E-state index contributed by atoms with van der Waals surface area (Å²) in [6.45, 7) is 0.160. The van der Waals surface area contributed by atoms with Gasteiger partial charge in [0.2, 0.25) is 10.0 Å². The monoisotopic (exact) mass is 378 g/mol. The largest absolute Gasteiger partial charge is 0.433 e. The fourth-order valence-electron chi connectivity index (χ4n) is 1.74. The summed E-state index contributed by atoms with van der Waals surface area (Å²) in [6, 6.07) is 6.47. The Hall–Kier alpha value is -1.85. The van der Waals surface area contributed by atoms with Crippen LogP contribution in [0.4, 0.5) is 19.0 Å². The van der Waals surface area contributed by atoms with Crippen molar-refractivity contribution in [1.29, 1.82) is 0 Å². The summed E-state index contributed by atoms with van der Waals surface area (Å²) in [6.07, 6.45) is -2.99. The average molecular weight is 378 g/mol. The van der Waals surface area contributed by atoms with Gasteiger partial charge in [-0.3, -0.25) is 0 Å². The molecule has 0 bridgehead atoms. The number of aromatic nitrogens is 2. The number of benzene rings is 1. The Morgan fingerprint density at radius 2 is 1.83 bits per heavy atom. The predicted molar refractivity (Wildman–Crippen MR) is 84.0 cm³/mol. The van der Waals surface area contributed by atoms with E-state index in [0.29, 0.717) is 5.56 Å². The quantitative estimate of drug-likeness (QED) is 0.613. The normalized spacial score (nSPS) is 12.2. The summed E-state index contributed by atoms with van der Waals surface area (Å²) in [5, 5.41) is 7.75. The predicted octanol–water partition coefficient (Wildman–Crippen LogP) is 2.48. The molecule has 0 amide bonds. The second-order valence-electron chi connectivity index (χ2n) is 4.67. The number of rotatable bonds is 5. The molecule has 2 aromatic rings. The zero-order valence-electron chi connectivity index (χ0n) is 12.3. The zero-order valence-corrected chi connectivity index (χ0v) is 14.0. The van der Waals surface area contributed by atoms with Gasteiger partial charge >= 0.3 is 6.18 Å². The number of nitrogens with two attached hydrogens (primary N) is 1. The maximum absolute atomic E-state index is 12.8. The molecule has 0 saturated carbocycles. The molecule has 130 valence electrons. The SMILES string of the molecule is CSc1nc(NCc2ccc(S(N)(=O)=O)cc2)cc(C(F)(F)F)n1. The van der Waals surface area contributed by atoms with Crippen molar-refractivity contribution in [1.82, 2.24) is 9.97 Å². The Kier molecular flexibility index (Phi) is 5.35. The highest BCUT2D eigenvalue weighted by molar-refractivity contribution is 7.98. The fraction of sp³-hybridized carbons (Fsp3) is 0.231. The zero-order chi connectivity index (χ0) is 18.0. The van der Waals surface area contributed by atoms with Crippen molar-refractivity contribution < 1.29 is 21.6 Å². The van der Waals surface area contributed by atoms with E-state index in [0.717, 1.165) is 17.8 Å². The second kappa shape index (κ2) is 6.95. The van der Waals surface area contributed by atoms with E-state index in [4.69, 9.17) is 5.14 Å². The molecule has 0 aliphatic rings. The molecule has 0 atom stereocenters. The first kappa shape index (κ1) is 18.5. The number of nitrogens with one attached hydrogen (secondary N) is 1. The minimum absolute atomic E-state index is 0.00287. The molecule has 1 heterocycles. The van der Waals surface area contributed by atoms with Crippen LogP contribution in [0, 0.1) is 0 Å². The van der Waals surface area contributed by atoms with Gasteiger partial charge < -0.3 is 5.32 Å². The lowest BCUT2D eigenvalue weighted by Crippen LogP contribution is -2.13. The van der Waals surface area contributed by atoms with E-state index in [9.17, 15) is 21.6 Å². The van der Waals surface area contributed by atoms with E-state index in [-0.39, 0.29) is 22.4 Å². The summed E-state index contributed by atoms with van der Waals surface area (Å²) in [5.74, 6) is 0.0252. The van der Waals surface area contributed by atoms with Crippen LogP contribution >= 0.6 is 11.8 Å². The second-order valence-corrected chi connectivity index (χ2v) is 7.00. The Morgan fingerprint density at radius 1 is 1.21 bits per heavy atom. The van der Waals surface area contributed by atoms with E-state index in [2.05, 4.69) is 15.3 Å². The number of alkyl halides is 3. The first-order valence-corrected chi connectivity index (χ1v) is 9.22. The molecular weight excluding hydrogens is 365 g/mol. The van der Waals surface area contributed by atoms with E-state index >= 15 is 0 Å². The highest BCUT2D eigenvalue weighted by Crippen LogP contribution is 2.30. The van der Waals surface area contributed by atoms with Crippen LogP contribution in [0.5, 0.6) is 0 Å². The molecule has 0 unspecified atom stereocenters. The van der Waals surface area contributed by atoms with Crippen molar-refractivity contribution >= 4 is 27.6 Å². The van der Waals surface area contributed by atoms with Crippen LogP contribution in [0.15, 0.2) is 40.4 Å². The lowest BCUT2D eigenvalue weighted by molar-refractivity contribution is -0.141. The van der Waals surface area contributed by atoms with E-state index in [1.165, 1.54) is 24.3 Å². The third kappa shape index (κ3) is 4.82. The van der Waals surface area contributed by atoms with Crippen molar-refractivity contribution in [3.63, 3.8) is 0 Å². The molecule has 6 nitrogen and oxygen atoms in total. The van der Waals surface area contributed by atoms with Gasteiger partial charge in [-0.15, -0.1) is 0 Å². The van der Waals surface area contributed by atoms with Gasteiger partial charge in [-0.05, 0) is 24.0 Å². The summed E-state index contributed by atoms with van der Waals surface area (Å²) in [5.41, 5.74) is -0.380. The molecule has 24 heavy (non-hydrogen) atoms. The standard InChI is InChI=1S/C13H13F3N4O2S2/c1-23-12-19-10(13(14,15)16)6-11(20-12)18-7-8-2-4-9(5-3-8)24(17,21)22/h2-6H,7H2,1H3,(H2,17,21,22)(H,18,19,20). The molecule has 1 aromatic carbocycles. The van der Waals surface area contributed by atoms with Gasteiger partial charge in [0, 0.05) is 12.6 Å². The Balaban J connectivity index is 2.17. The van der Waals surface area contributed by atoms with Crippen molar-refractivity contribution in [2.24, 2.45) is 5.14 Å². The number of anilines is 1. The van der Waals surface area contributed by atoms with Crippen molar-refractivity contribution in [2.45, 2.75) is 22.8 Å². The van der Waals surface area contributed by atoms with Crippen LogP contribution < -0.4 is 10.5 Å². The minimum Gasteiger partial charge on any atom is -0.366 e. The van der Waals surface area contributed by atoms with Crippen LogP contribution in [-0.2, 0) is 22.7 Å². The average Bonchev–Trinajstić information content (AvgIpc) is 2.51. The smallest absolute Gasteiger partial charge is 0.366 e. The minimum atomic E-state index is -4.57. The van der Waals surface area contributed by atoms with Crippen molar-refractivity contribution in [3.05, 3.63) is 41.6 Å². The maximum atomic E-state index is 12.8. The van der Waals surface area contributed by atoms with Crippen LogP contribution in [-0.4, -0.2) is 24.6 Å². The third-order valence-electron chi connectivity index (χ3n) is 2.90. The first-order valence-electron chi connectivity index (χ1n) is 6.45. The fourth-order valence-corrected chi connectivity index (χ4v) is 2.64. The molecule has 0 spiro atoms. The topological polar surface area (TPSA) is 98.0 Å². The summed E-state index contributed by atoms with van der Waals surface area (Å²) >= 11 is 0.997. The molecule has 0 fully saturated rings. The van der Waals surface area contributed by atoms with Crippen LogP contribution in [0.25, 0.3) is 0 Å². The highest BCUT2D eigenvalue weighted by atomic mass is 32.2. The van der Waals surface area contributed by atoms with Crippen LogP contribution in [0.1, 0.15) is 11.3 Å². The molecule has 2 rings (SSSR count). The van der Waals surface area contributed by atoms with Crippen molar-refractivity contribution in [2.75, 3.05) is 11.6 Å². The first-order chi connectivity index (χ1) is 11.1. The van der Waals surface area contributed by atoms with Gasteiger partial charge in [0.05, 0.1) is 4.90 Å². The molecule has 0 aliphatic carbocycles. The summed E-state index contributed by atoms with van der Waals surface area (Å²) in [7, 11) is -3.79. The summed E-state index contributed by atoms with van der Waals surface area (Å²) < 4.78 is 60.7. The lowest BCUT2D eigenvalue weighted by Gasteiger charge is -2.11. The van der Waals surface area contributed by atoms with E-state index in [1.807, 2.05) is 0 Å². The van der Waals surface area contributed by atoms with E-state index < -0.39 is 21.9 Å². The van der Waals surface area contributed by atoms with Gasteiger partial charge in [-0.2, -0.15) is 13.2 Å². The molecular formula is C13H13F3N4O2S2. The number of primary sulfonamides is 1. The molecule has 0 saturated heterocycles. The molecule has 1 aromatic heterocycles. The summed E-state index contributed by atoms with van der Waals surface area (Å²) in [4.78, 5) is 7.34. The van der Waals surface area contributed by atoms with Crippen molar-refractivity contribution in [3.8, 4) is 0 Å². The van der Waals surface area contributed by atoms with Gasteiger partial charge in [0.15, 0.2) is 10.9 Å². The molecule has 3 N–H and O–H groups in total. The number of thioether (sulfide) groups is 1. The molecule has 11 heteroatoms. The lowest BCUT2D eigenvalue weighted by atomic mass is 10.2. The molecule has 0 radical (unpaired) electrons. The number of hydrogen-bond acceptors (Lipinski definition) is 6. The number of nitrogens with zero attached hydrogens (tertiary/aromatic N) is 2. The number of sulfonamides is 1. The van der Waals surface area contributed by atoms with E-state index in [1.54, 1.807) is 6.26 Å². The van der Waals surface area contributed by atoms with Gasteiger partial charge in [-0.25, -0.2) is 23.5 Å².